The molecular formula is C4H10BrO2PS2. The first-order valence-electron chi connectivity index (χ1n) is 2.76. The maximum Gasteiger partial charge on any atom is 0.242 e. The number of hydrogen-bond acceptors (Lipinski definition) is 2. The molecule has 6 heteroatoms. The van der Waals surface area contributed by atoms with Gasteiger partial charge in [-0.3, -0.25) is 0 Å². The summed E-state index contributed by atoms with van der Waals surface area (Å²) in [5, 5.41) is 0. The maximum atomic E-state index is 8.76. The summed E-state index contributed by atoms with van der Waals surface area (Å²) in [6.07, 6.45) is 0.907. The predicted octanol–water partition coefficient (Wildman–Crippen LogP) is 2.10. The van der Waals surface area contributed by atoms with Crippen LogP contribution in [0.15, 0.2) is 0 Å². The second-order valence-corrected chi connectivity index (χ2v) is 9.63. The Morgan fingerprint density at radius 2 is 2.20 bits per heavy atom. The van der Waals surface area contributed by atoms with E-state index in [4.69, 9.17) is 9.79 Å². The molecule has 1 atom stereocenters. The molecule has 0 heterocycles. The molecule has 2 nitrogen and oxygen atoms in total. The molecule has 1 unspecified atom stereocenters. The van der Waals surface area contributed by atoms with E-state index < -0.39 is 5.69 Å². The molecule has 0 amide bonds. The van der Waals surface area contributed by atoms with E-state index in [0.29, 0.717) is 10.6 Å². The minimum atomic E-state index is -2.99. The van der Waals surface area contributed by atoms with Gasteiger partial charge in [-0.15, -0.1) is 0 Å². The fraction of sp³-hybridized carbons (Fsp3) is 1.00. The Balaban J connectivity index is 3.30. The van der Waals surface area contributed by atoms with Crippen molar-refractivity contribution in [2.45, 2.75) is 18.2 Å². The lowest BCUT2D eigenvalue weighted by atomic mass is 10.4. The molecule has 0 aliphatic carbocycles. The summed E-state index contributed by atoms with van der Waals surface area (Å²) in [5.41, 5.74) is -2.99. The molecule has 0 aromatic carbocycles. The van der Waals surface area contributed by atoms with Crippen LogP contribution < -0.4 is 0 Å². The van der Waals surface area contributed by atoms with Crippen molar-refractivity contribution in [3.8, 4) is 0 Å². The second kappa shape index (κ2) is 5.12. The zero-order valence-corrected chi connectivity index (χ0v) is 9.64. The van der Waals surface area contributed by atoms with Crippen molar-refractivity contribution in [1.82, 2.24) is 0 Å². The molecule has 0 aromatic rings. The van der Waals surface area contributed by atoms with E-state index in [1.165, 1.54) is 0 Å². The molecule has 0 radical (unpaired) electrons. The number of halogens is 1. The van der Waals surface area contributed by atoms with Crippen molar-refractivity contribution >= 4 is 44.8 Å². The van der Waals surface area contributed by atoms with Crippen LogP contribution in [-0.4, -0.2) is 20.4 Å². The van der Waals surface area contributed by atoms with Crippen molar-refractivity contribution in [1.29, 1.82) is 0 Å². The van der Waals surface area contributed by atoms with Crippen LogP contribution in [-0.2, 0) is 11.8 Å². The summed E-state index contributed by atoms with van der Waals surface area (Å²) in [6, 6.07) is 0. The number of hydrogen-bond donors (Lipinski definition) is 2. The molecule has 62 valence electrons. The van der Waals surface area contributed by atoms with E-state index in [2.05, 4.69) is 27.7 Å². The summed E-state index contributed by atoms with van der Waals surface area (Å²) in [7, 11) is 0. The smallest absolute Gasteiger partial charge is 0.242 e. The minimum Gasteiger partial charge on any atom is -0.338 e. The topological polar surface area (TPSA) is 40.5 Å². The van der Waals surface area contributed by atoms with E-state index in [-0.39, 0.29) is 0 Å². The summed E-state index contributed by atoms with van der Waals surface area (Å²) >= 11 is 8.82. The van der Waals surface area contributed by atoms with Gasteiger partial charge in [0.1, 0.15) is 0 Å². The van der Waals surface area contributed by atoms with E-state index in [1.54, 1.807) is 0 Å². The summed E-state index contributed by atoms with van der Waals surface area (Å²) in [5.74, 6) is 0.705. The van der Waals surface area contributed by atoms with Gasteiger partial charge in [0, 0.05) is 10.6 Å². The highest BCUT2D eigenvalue weighted by Crippen LogP contribution is 2.50. The lowest BCUT2D eigenvalue weighted by Gasteiger charge is -2.06. The third-order valence-electron chi connectivity index (χ3n) is 0.775. The van der Waals surface area contributed by atoms with Crippen LogP contribution in [0.5, 0.6) is 0 Å². The molecule has 0 saturated carbocycles. The Hall–Kier alpha value is 1.40. The highest BCUT2D eigenvalue weighted by molar-refractivity contribution is 9.09. The van der Waals surface area contributed by atoms with Crippen LogP contribution in [0.3, 0.4) is 0 Å². The molecule has 0 aromatic heterocycles. The largest absolute Gasteiger partial charge is 0.338 e. The van der Waals surface area contributed by atoms with Gasteiger partial charge in [0.2, 0.25) is 5.69 Å². The third-order valence-corrected chi connectivity index (χ3v) is 4.49. The highest BCUT2D eigenvalue weighted by Gasteiger charge is 2.07. The Bertz CT molecular complexity index is 135. The van der Waals surface area contributed by atoms with Crippen molar-refractivity contribution in [3.05, 3.63) is 0 Å². The van der Waals surface area contributed by atoms with Gasteiger partial charge in [-0.25, -0.2) is 0 Å². The first-order chi connectivity index (χ1) is 4.42. The van der Waals surface area contributed by atoms with Gasteiger partial charge >= 0.3 is 0 Å². The van der Waals surface area contributed by atoms with E-state index in [1.807, 2.05) is 6.92 Å². The Morgan fingerprint density at radius 3 is 2.50 bits per heavy atom. The van der Waals surface area contributed by atoms with Gasteiger partial charge in [-0.2, -0.15) is 0 Å². The lowest BCUT2D eigenvalue weighted by Crippen LogP contribution is -1.91. The molecule has 10 heavy (non-hydrogen) atoms. The van der Waals surface area contributed by atoms with Gasteiger partial charge in [0.15, 0.2) is 0 Å². The first kappa shape index (κ1) is 11.4. The van der Waals surface area contributed by atoms with Crippen LogP contribution in [0, 0.1) is 0 Å². The third kappa shape index (κ3) is 9.40. The van der Waals surface area contributed by atoms with Crippen molar-refractivity contribution < 1.29 is 9.79 Å². The quantitative estimate of drug-likeness (QED) is 0.603. The fourth-order valence-electron chi connectivity index (χ4n) is 0.334. The molecule has 0 bridgehead atoms. The van der Waals surface area contributed by atoms with Gasteiger partial charge in [0.25, 0.3) is 0 Å². The Morgan fingerprint density at radius 1 is 1.70 bits per heavy atom. The predicted molar refractivity (Wildman–Crippen MR) is 54.2 cm³/mol. The monoisotopic (exact) mass is 264 g/mol. The molecule has 2 N–H and O–H groups in total. The SMILES string of the molecule is CC(Br)CCSP(O)(O)=S. The van der Waals surface area contributed by atoms with Crippen LogP contribution in [0.1, 0.15) is 13.3 Å². The molecule has 0 spiro atoms. The van der Waals surface area contributed by atoms with Crippen LogP contribution in [0.2, 0.25) is 0 Å². The Kier molecular flexibility index (Phi) is 5.83. The second-order valence-electron chi connectivity index (χ2n) is 1.89. The zero-order valence-electron chi connectivity index (χ0n) is 5.53. The highest BCUT2D eigenvalue weighted by atomic mass is 79.9. The number of alkyl halides is 1. The van der Waals surface area contributed by atoms with E-state index >= 15 is 0 Å². The van der Waals surface area contributed by atoms with Gasteiger partial charge in [0.05, 0.1) is 0 Å². The summed E-state index contributed by atoms with van der Waals surface area (Å²) < 4.78 is 0. The molecule has 0 rings (SSSR count). The normalized spacial score (nSPS) is 15.2. The molecule has 0 aliphatic heterocycles. The number of rotatable bonds is 4. The van der Waals surface area contributed by atoms with Crippen molar-refractivity contribution in [2.24, 2.45) is 0 Å². The average molecular weight is 265 g/mol. The first-order valence-corrected chi connectivity index (χ1v) is 7.97. The van der Waals surface area contributed by atoms with Gasteiger partial charge in [-0.05, 0) is 18.2 Å². The molecule has 0 fully saturated rings. The zero-order chi connectivity index (χ0) is 8.20. The van der Waals surface area contributed by atoms with E-state index in [0.717, 1.165) is 17.8 Å². The molecular weight excluding hydrogens is 255 g/mol. The molecule has 0 saturated heterocycles. The van der Waals surface area contributed by atoms with Gasteiger partial charge in [-0.1, -0.05) is 34.2 Å². The van der Waals surface area contributed by atoms with E-state index in [9.17, 15) is 0 Å². The van der Waals surface area contributed by atoms with Crippen LogP contribution >= 0.6 is 33.0 Å². The van der Waals surface area contributed by atoms with Crippen molar-refractivity contribution in [3.63, 3.8) is 0 Å². The van der Waals surface area contributed by atoms with Crippen LogP contribution in [0.4, 0.5) is 0 Å². The standard InChI is InChI=1S/C4H10BrO2PS2/c1-4(5)2-3-10-8(6,7)9/h4H,2-3H2,1H3,(H2,6,7,9). The molecule has 0 aliphatic rings. The minimum absolute atomic E-state index is 0.418. The van der Waals surface area contributed by atoms with Crippen LogP contribution in [0.25, 0.3) is 0 Å². The van der Waals surface area contributed by atoms with Gasteiger partial charge < -0.3 is 9.79 Å². The average Bonchev–Trinajstić information content (AvgIpc) is 1.59. The van der Waals surface area contributed by atoms with Crippen molar-refractivity contribution in [2.75, 3.05) is 5.75 Å². The fourth-order valence-corrected chi connectivity index (χ4v) is 3.26. The summed E-state index contributed by atoms with van der Waals surface area (Å²) in [4.78, 5) is 17.9. The summed E-state index contributed by atoms with van der Waals surface area (Å²) in [6.45, 7) is 2.01. The Labute approximate surface area is 78.5 Å². The lowest BCUT2D eigenvalue weighted by molar-refractivity contribution is 0.502. The maximum absolute atomic E-state index is 8.76.